The van der Waals surface area contributed by atoms with Gasteiger partial charge in [0.25, 0.3) is 5.91 Å². The molecule has 0 radical (unpaired) electrons. The summed E-state index contributed by atoms with van der Waals surface area (Å²) < 4.78 is 5.08. The van der Waals surface area contributed by atoms with Crippen LogP contribution in [0.4, 0.5) is 6.01 Å². The highest BCUT2D eigenvalue weighted by atomic mass is 35.5. The van der Waals surface area contributed by atoms with Crippen molar-refractivity contribution in [3.8, 4) is 0 Å². The van der Waals surface area contributed by atoms with Gasteiger partial charge >= 0.3 is 6.01 Å². The summed E-state index contributed by atoms with van der Waals surface area (Å²) >= 11 is 6.14. The second kappa shape index (κ2) is 4.90. The Hall–Kier alpha value is -2.47. The van der Waals surface area contributed by atoms with Crippen molar-refractivity contribution in [3.05, 3.63) is 46.9 Å². The summed E-state index contributed by atoms with van der Waals surface area (Å²) in [5.41, 5.74) is 0.830. The Morgan fingerprint density at radius 3 is 2.85 bits per heavy atom. The molecule has 0 aliphatic carbocycles. The Bertz CT molecular complexity index is 800. The number of aromatic nitrogens is 3. The number of amides is 1. The molecule has 0 spiro atoms. The van der Waals surface area contributed by atoms with E-state index in [-0.39, 0.29) is 11.7 Å². The first-order chi connectivity index (χ1) is 9.63. The summed E-state index contributed by atoms with van der Waals surface area (Å²) in [6.07, 6.45) is 0. The number of nitrogens with zero attached hydrogens (tertiary/aromatic N) is 3. The number of fused-ring (bicyclic) bond motifs is 1. The molecule has 1 amide bonds. The SMILES string of the molecule is Cc1nnc(NC(=O)c2cc(Cl)c3ccccc3n2)o1. The number of benzene rings is 1. The summed E-state index contributed by atoms with van der Waals surface area (Å²) in [4.78, 5) is 16.3. The lowest BCUT2D eigenvalue weighted by Crippen LogP contribution is -2.14. The number of nitrogens with one attached hydrogen (secondary N) is 1. The molecule has 0 atom stereocenters. The van der Waals surface area contributed by atoms with Gasteiger partial charge in [0.15, 0.2) is 0 Å². The Kier molecular flexibility index (Phi) is 3.08. The summed E-state index contributed by atoms with van der Waals surface area (Å²) in [5, 5.41) is 11.0. The molecule has 3 rings (SSSR count). The summed E-state index contributed by atoms with van der Waals surface area (Å²) in [6, 6.07) is 8.84. The Balaban J connectivity index is 1.95. The van der Waals surface area contributed by atoms with E-state index in [1.165, 1.54) is 6.07 Å². The van der Waals surface area contributed by atoms with E-state index < -0.39 is 5.91 Å². The second-order valence-corrected chi connectivity index (χ2v) is 4.49. The number of aryl methyl sites for hydroxylation is 1. The minimum absolute atomic E-state index is 0.0265. The molecule has 2 aromatic heterocycles. The average Bonchev–Trinajstić information content (AvgIpc) is 2.84. The van der Waals surface area contributed by atoms with E-state index in [0.717, 1.165) is 5.39 Å². The van der Waals surface area contributed by atoms with E-state index in [9.17, 15) is 4.79 Å². The number of halogens is 1. The standard InChI is InChI=1S/C13H9ClN4O2/c1-7-17-18-13(20-7)16-12(19)11-6-9(14)8-4-2-3-5-10(8)15-11/h2-6H,1H3,(H,16,18,19). The molecule has 1 aromatic carbocycles. The van der Waals surface area contributed by atoms with Crippen molar-refractivity contribution in [1.29, 1.82) is 0 Å². The molecule has 0 saturated carbocycles. The van der Waals surface area contributed by atoms with Gasteiger partial charge in [-0.05, 0) is 12.1 Å². The maximum absolute atomic E-state index is 12.1. The van der Waals surface area contributed by atoms with Gasteiger partial charge in [-0.15, -0.1) is 5.10 Å². The molecule has 0 aliphatic rings. The van der Waals surface area contributed by atoms with E-state index in [1.54, 1.807) is 13.0 Å². The summed E-state index contributed by atoms with van der Waals surface area (Å²) in [6.45, 7) is 1.63. The highest BCUT2D eigenvalue weighted by Crippen LogP contribution is 2.23. The number of rotatable bonds is 2. The fraction of sp³-hybridized carbons (Fsp3) is 0.0769. The zero-order valence-corrected chi connectivity index (χ0v) is 11.2. The summed E-state index contributed by atoms with van der Waals surface area (Å²) in [7, 11) is 0. The van der Waals surface area contributed by atoms with Crippen molar-refractivity contribution in [1.82, 2.24) is 15.2 Å². The van der Waals surface area contributed by atoms with Crippen LogP contribution in [0.5, 0.6) is 0 Å². The smallest absolute Gasteiger partial charge is 0.322 e. The lowest BCUT2D eigenvalue weighted by atomic mass is 10.2. The van der Waals surface area contributed by atoms with Gasteiger partial charge in [-0.1, -0.05) is 34.9 Å². The van der Waals surface area contributed by atoms with Gasteiger partial charge < -0.3 is 4.42 Å². The van der Waals surface area contributed by atoms with Gasteiger partial charge in [-0.25, -0.2) is 4.98 Å². The Labute approximate surface area is 118 Å². The molecule has 0 aliphatic heterocycles. The van der Waals surface area contributed by atoms with E-state index in [2.05, 4.69) is 20.5 Å². The molecule has 0 saturated heterocycles. The van der Waals surface area contributed by atoms with Gasteiger partial charge in [-0.3, -0.25) is 10.1 Å². The van der Waals surface area contributed by atoms with E-state index in [1.807, 2.05) is 18.2 Å². The van der Waals surface area contributed by atoms with Crippen LogP contribution in [-0.4, -0.2) is 21.1 Å². The predicted molar refractivity (Wildman–Crippen MR) is 73.7 cm³/mol. The van der Waals surface area contributed by atoms with Crippen LogP contribution < -0.4 is 5.32 Å². The number of carbonyl (C=O) groups excluding carboxylic acids is 1. The molecule has 7 heteroatoms. The fourth-order valence-electron chi connectivity index (χ4n) is 1.76. The van der Waals surface area contributed by atoms with Crippen LogP contribution in [-0.2, 0) is 0 Å². The lowest BCUT2D eigenvalue weighted by Gasteiger charge is -2.04. The Morgan fingerprint density at radius 1 is 1.30 bits per heavy atom. The molecule has 100 valence electrons. The van der Waals surface area contributed by atoms with Crippen molar-refractivity contribution in [2.45, 2.75) is 6.92 Å². The highest BCUT2D eigenvalue weighted by Gasteiger charge is 2.14. The average molecular weight is 289 g/mol. The van der Waals surface area contributed by atoms with E-state index in [4.69, 9.17) is 16.0 Å². The van der Waals surface area contributed by atoms with Crippen LogP contribution in [0.15, 0.2) is 34.7 Å². The van der Waals surface area contributed by atoms with Crippen molar-refractivity contribution in [3.63, 3.8) is 0 Å². The molecule has 20 heavy (non-hydrogen) atoms. The van der Waals surface area contributed by atoms with Crippen LogP contribution in [0.1, 0.15) is 16.4 Å². The molecule has 0 unspecified atom stereocenters. The molecule has 1 N–H and O–H groups in total. The van der Waals surface area contributed by atoms with Gasteiger partial charge in [0.1, 0.15) is 5.69 Å². The minimum Gasteiger partial charge on any atom is -0.408 e. The lowest BCUT2D eigenvalue weighted by molar-refractivity contribution is 0.101. The molecule has 3 aromatic rings. The first kappa shape index (κ1) is 12.6. The predicted octanol–water partition coefficient (Wildman–Crippen LogP) is 2.83. The Morgan fingerprint density at radius 2 is 2.10 bits per heavy atom. The third-order valence-electron chi connectivity index (χ3n) is 2.64. The van der Waals surface area contributed by atoms with Crippen molar-refractivity contribution in [2.24, 2.45) is 0 Å². The fourth-order valence-corrected chi connectivity index (χ4v) is 2.02. The maximum atomic E-state index is 12.1. The monoisotopic (exact) mass is 288 g/mol. The zero-order chi connectivity index (χ0) is 14.1. The topological polar surface area (TPSA) is 80.9 Å². The number of anilines is 1. The molecule has 0 bridgehead atoms. The zero-order valence-electron chi connectivity index (χ0n) is 10.4. The van der Waals surface area contributed by atoms with Gasteiger partial charge in [-0.2, -0.15) is 0 Å². The van der Waals surface area contributed by atoms with Crippen molar-refractivity contribution >= 4 is 34.4 Å². The van der Waals surface area contributed by atoms with Crippen LogP contribution in [0.3, 0.4) is 0 Å². The van der Waals surface area contributed by atoms with Crippen LogP contribution in [0.2, 0.25) is 5.02 Å². The number of hydrogen-bond donors (Lipinski definition) is 1. The highest BCUT2D eigenvalue weighted by molar-refractivity contribution is 6.35. The quantitative estimate of drug-likeness (QED) is 0.784. The second-order valence-electron chi connectivity index (χ2n) is 4.09. The first-order valence-electron chi connectivity index (χ1n) is 5.80. The van der Waals surface area contributed by atoms with Crippen LogP contribution >= 0.6 is 11.6 Å². The number of carbonyl (C=O) groups is 1. The van der Waals surface area contributed by atoms with Crippen LogP contribution in [0.25, 0.3) is 10.9 Å². The first-order valence-corrected chi connectivity index (χ1v) is 6.18. The van der Waals surface area contributed by atoms with Gasteiger partial charge in [0.2, 0.25) is 5.89 Å². The number of para-hydroxylation sites is 1. The summed E-state index contributed by atoms with van der Waals surface area (Å²) in [5.74, 6) is -0.0916. The molecule has 6 nitrogen and oxygen atoms in total. The third-order valence-corrected chi connectivity index (χ3v) is 2.96. The third kappa shape index (κ3) is 2.33. The minimum atomic E-state index is -0.457. The number of hydrogen-bond acceptors (Lipinski definition) is 5. The van der Waals surface area contributed by atoms with E-state index >= 15 is 0 Å². The van der Waals surface area contributed by atoms with Crippen molar-refractivity contribution in [2.75, 3.05) is 5.32 Å². The van der Waals surface area contributed by atoms with Crippen LogP contribution in [0, 0.1) is 6.92 Å². The largest absolute Gasteiger partial charge is 0.408 e. The number of pyridine rings is 1. The van der Waals surface area contributed by atoms with Gasteiger partial charge in [0.05, 0.1) is 10.5 Å². The van der Waals surface area contributed by atoms with Crippen molar-refractivity contribution < 1.29 is 9.21 Å². The maximum Gasteiger partial charge on any atom is 0.322 e. The van der Waals surface area contributed by atoms with Gasteiger partial charge in [0, 0.05) is 12.3 Å². The molecule has 0 fully saturated rings. The normalized spacial score (nSPS) is 10.7. The molecular formula is C13H9ClN4O2. The van der Waals surface area contributed by atoms with E-state index in [0.29, 0.717) is 16.4 Å². The molecular weight excluding hydrogens is 280 g/mol. The molecule has 2 heterocycles.